The second-order valence-electron chi connectivity index (χ2n) is 8.47. The fourth-order valence-corrected chi connectivity index (χ4v) is 4.05. The van der Waals surface area contributed by atoms with Crippen LogP contribution in [0.25, 0.3) is 6.08 Å². The number of hydrogen-bond acceptors (Lipinski definition) is 8. The molecule has 1 heterocycles. The molecule has 0 amide bonds. The number of carbonyl (C=O) groups is 1. The van der Waals surface area contributed by atoms with E-state index >= 15 is 0 Å². The Balaban J connectivity index is 2.18. The molecule has 1 N–H and O–H groups in total. The van der Waals surface area contributed by atoms with Crippen molar-refractivity contribution in [2.75, 3.05) is 49.5 Å². The van der Waals surface area contributed by atoms with E-state index in [2.05, 4.69) is 0 Å². The van der Waals surface area contributed by atoms with Crippen LogP contribution in [0.5, 0.6) is 28.7 Å². The van der Waals surface area contributed by atoms with Gasteiger partial charge in [0, 0.05) is 24.2 Å². The lowest BCUT2D eigenvalue weighted by Gasteiger charge is -2.21. The zero-order valence-electron chi connectivity index (χ0n) is 20.5. The minimum absolute atomic E-state index is 0.153. The van der Waals surface area contributed by atoms with Gasteiger partial charge in [0.25, 0.3) is 0 Å². The maximum absolute atomic E-state index is 13.5. The van der Waals surface area contributed by atoms with E-state index in [-0.39, 0.29) is 17.3 Å². The third kappa shape index (κ3) is 4.49. The molecule has 0 fully saturated rings. The summed E-state index contributed by atoms with van der Waals surface area (Å²) in [5, 5.41) is 11.1. The van der Waals surface area contributed by atoms with Gasteiger partial charge >= 0.3 is 0 Å². The standard InChI is InChI=1S/C25H32N2O6/c1-14-16(12-26(2)3)21(28)17(13-27(4)5)24-20(14)22(29)19(33-24)11-15-9-10-18(30-6)25(32-8)23(15)31-7/h9-11,28H,12-13H2,1-8H3. The maximum atomic E-state index is 13.5. The monoisotopic (exact) mass is 456 g/mol. The average molecular weight is 457 g/mol. The zero-order chi connectivity index (χ0) is 24.4. The third-order valence-electron chi connectivity index (χ3n) is 5.53. The van der Waals surface area contributed by atoms with Crippen molar-refractivity contribution in [2.45, 2.75) is 20.0 Å². The molecule has 0 bridgehead atoms. The number of fused-ring (bicyclic) bond motifs is 1. The molecule has 8 nitrogen and oxygen atoms in total. The van der Waals surface area contributed by atoms with E-state index in [1.54, 1.807) is 25.3 Å². The van der Waals surface area contributed by atoms with Crippen LogP contribution in [0.2, 0.25) is 0 Å². The topological polar surface area (TPSA) is 80.7 Å². The number of nitrogens with zero attached hydrogens (tertiary/aromatic N) is 2. The largest absolute Gasteiger partial charge is 0.507 e. The Hall–Kier alpha value is -3.23. The number of aromatic hydroxyl groups is 1. The first-order valence-corrected chi connectivity index (χ1v) is 10.5. The molecule has 2 aromatic rings. The number of benzene rings is 2. The number of hydrogen-bond donors (Lipinski definition) is 1. The van der Waals surface area contributed by atoms with E-state index in [0.29, 0.717) is 58.3 Å². The molecule has 8 heteroatoms. The van der Waals surface area contributed by atoms with Crippen molar-refractivity contribution in [3.8, 4) is 28.7 Å². The highest BCUT2D eigenvalue weighted by Gasteiger charge is 2.36. The van der Waals surface area contributed by atoms with Crippen LogP contribution in [0, 0.1) is 6.92 Å². The molecular weight excluding hydrogens is 424 g/mol. The van der Waals surface area contributed by atoms with E-state index in [1.165, 1.54) is 14.2 Å². The van der Waals surface area contributed by atoms with Crippen LogP contribution in [-0.2, 0) is 13.1 Å². The smallest absolute Gasteiger partial charge is 0.232 e. The maximum Gasteiger partial charge on any atom is 0.232 e. The van der Waals surface area contributed by atoms with E-state index in [4.69, 9.17) is 18.9 Å². The Bertz CT molecular complexity index is 1110. The quantitative estimate of drug-likeness (QED) is 0.605. The summed E-state index contributed by atoms with van der Waals surface area (Å²) in [6.45, 7) is 2.77. The van der Waals surface area contributed by atoms with Crippen molar-refractivity contribution in [2.24, 2.45) is 0 Å². The Morgan fingerprint density at radius 3 is 2.09 bits per heavy atom. The molecule has 33 heavy (non-hydrogen) atoms. The van der Waals surface area contributed by atoms with Gasteiger partial charge in [-0.05, 0) is 58.9 Å². The first-order valence-electron chi connectivity index (χ1n) is 10.5. The molecule has 0 saturated heterocycles. The van der Waals surface area contributed by atoms with Crippen molar-refractivity contribution in [3.05, 3.63) is 45.7 Å². The van der Waals surface area contributed by atoms with Crippen LogP contribution in [0.15, 0.2) is 17.9 Å². The number of phenols is 1. The SMILES string of the molecule is COc1ccc(C=C2Oc3c(CN(C)C)c(O)c(CN(C)C)c(C)c3C2=O)c(OC)c1OC. The van der Waals surface area contributed by atoms with Crippen LogP contribution in [0.3, 0.4) is 0 Å². The Morgan fingerprint density at radius 2 is 1.55 bits per heavy atom. The molecule has 2 aromatic carbocycles. The number of methoxy groups -OCH3 is 3. The molecule has 0 aromatic heterocycles. The number of ketones is 1. The fourth-order valence-electron chi connectivity index (χ4n) is 4.05. The normalized spacial score (nSPS) is 14.1. The third-order valence-corrected chi connectivity index (χ3v) is 5.53. The second-order valence-corrected chi connectivity index (χ2v) is 8.47. The summed E-state index contributed by atoms with van der Waals surface area (Å²) in [5.41, 5.74) is 3.11. The summed E-state index contributed by atoms with van der Waals surface area (Å²) in [7, 11) is 12.2. The molecule has 1 aliphatic rings. The van der Waals surface area contributed by atoms with Crippen LogP contribution in [0.4, 0.5) is 0 Å². The molecule has 178 valence electrons. The van der Waals surface area contributed by atoms with E-state index in [0.717, 1.165) is 5.56 Å². The van der Waals surface area contributed by atoms with E-state index in [1.807, 2.05) is 44.9 Å². The molecular formula is C25H32N2O6. The lowest BCUT2D eigenvalue weighted by atomic mass is 9.93. The number of phenolic OH excluding ortho intramolecular Hbond substituents is 1. The lowest BCUT2D eigenvalue weighted by molar-refractivity contribution is 0.101. The minimum Gasteiger partial charge on any atom is -0.507 e. The Morgan fingerprint density at radius 1 is 0.939 bits per heavy atom. The van der Waals surface area contributed by atoms with Crippen molar-refractivity contribution < 1.29 is 28.8 Å². The summed E-state index contributed by atoms with van der Waals surface area (Å²) in [6.07, 6.45) is 1.63. The molecule has 0 saturated carbocycles. The van der Waals surface area contributed by atoms with Crippen LogP contribution >= 0.6 is 0 Å². The second kappa shape index (κ2) is 9.72. The van der Waals surface area contributed by atoms with Crippen molar-refractivity contribution >= 4 is 11.9 Å². The zero-order valence-corrected chi connectivity index (χ0v) is 20.5. The van der Waals surface area contributed by atoms with Gasteiger partial charge in [0.15, 0.2) is 17.3 Å². The van der Waals surface area contributed by atoms with Crippen molar-refractivity contribution in [1.82, 2.24) is 9.80 Å². The summed E-state index contributed by atoms with van der Waals surface area (Å²) in [5.74, 6) is 1.84. The highest BCUT2D eigenvalue weighted by molar-refractivity contribution is 6.16. The summed E-state index contributed by atoms with van der Waals surface area (Å²) in [4.78, 5) is 17.4. The average Bonchev–Trinajstić information content (AvgIpc) is 3.09. The number of allylic oxidation sites excluding steroid dienone is 1. The Labute approximate surface area is 194 Å². The minimum atomic E-state index is -0.237. The number of rotatable bonds is 8. The lowest BCUT2D eigenvalue weighted by Crippen LogP contribution is -2.16. The van der Waals surface area contributed by atoms with Gasteiger partial charge in [-0.25, -0.2) is 0 Å². The molecule has 0 radical (unpaired) electrons. The molecule has 0 aliphatic carbocycles. The van der Waals surface area contributed by atoms with Gasteiger partial charge in [-0.15, -0.1) is 0 Å². The van der Waals surface area contributed by atoms with Crippen LogP contribution < -0.4 is 18.9 Å². The van der Waals surface area contributed by atoms with Gasteiger partial charge in [-0.3, -0.25) is 4.79 Å². The molecule has 0 spiro atoms. The first-order chi connectivity index (χ1) is 15.6. The predicted molar refractivity (Wildman–Crippen MR) is 127 cm³/mol. The van der Waals surface area contributed by atoms with Gasteiger partial charge in [0.05, 0.1) is 32.5 Å². The van der Waals surface area contributed by atoms with Gasteiger partial charge < -0.3 is 33.9 Å². The first kappa shape index (κ1) is 24.4. The molecule has 0 unspecified atom stereocenters. The summed E-state index contributed by atoms with van der Waals surface area (Å²) >= 11 is 0. The van der Waals surface area contributed by atoms with Crippen molar-refractivity contribution in [1.29, 1.82) is 0 Å². The van der Waals surface area contributed by atoms with Gasteiger partial charge in [0.1, 0.15) is 11.5 Å². The Kier molecular flexibility index (Phi) is 7.19. The van der Waals surface area contributed by atoms with Crippen molar-refractivity contribution in [3.63, 3.8) is 0 Å². The number of Topliss-reactive ketones (excluding diaryl/α,β-unsaturated/α-hetero) is 1. The highest BCUT2D eigenvalue weighted by atomic mass is 16.5. The number of ether oxygens (including phenoxy) is 4. The number of carbonyl (C=O) groups excluding carboxylic acids is 1. The highest BCUT2D eigenvalue weighted by Crippen LogP contribution is 2.46. The molecule has 1 aliphatic heterocycles. The van der Waals surface area contributed by atoms with Gasteiger partial charge in [-0.1, -0.05) is 0 Å². The van der Waals surface area contributed by atoms with Gasteiger partial charge in [-0.2, -0.15) is 0 Å². The fraction of sp³-hybridized carbons (Fsp3) is 0.400. The summed E-state index contributed by atoms with van der Waals surface area (Å²) in [6, 6.07) is 3.51. The van der Waals surface area contributed by atoms with Gasteiger partial charge in [0.2, 0.25) is 11.5 Å². The predicted octanol–water partition coefficient (Wildman–Crippen LogP) is 3.47. The van der Waals surface area contributed by atoms with Crippen LogP contribution in [0.1, 0.15) is 32.6 Å². The summed E-state index contributed by atoms with van der Waals surface area (Å²) < 4.78 is 22.4. The van der Waals surface area contributed by atoms with E-state index in [9.17, 15) is 9.90 Å². The van der Waals surface area contributed by atoms with Crippen LogP contribution in [-0.4, -0.2) is 70.2 Å². The van der Waals surface area contributed by atoms with E-state index < -0.39 is 0 Å². The molecule has 0 atom stereocenters. The molecule has 3 rings (SSSR count).